The van der Waals surface area contributed by atoms with Crippen LogP contribution in [-0.4, -0.2) is 19.0 Å². The second kappa shape index (κ2) is 6.61. The van der Waals surface area contributed by atoms with E-state index < -0.39 is 0 Å². The van der Waals surface area contributed by atoms with E-state index in [1.165, 1.54) is 0 Å². The van der Waals surface area contributed by atoms with Crippen LogP contribution in [0.3, 0.4) is 0 Å². The molecule has 1 rings (SSSR count). The molecule has 0 aromatic heterocycles. The van der Waals surface area contributed by atoms with Crippen LogP contribution in [0.25, 0.3) is 0 Å². The van der Waals surface area contributed by atoms with Crippen molar-refractivity contribution < 1.29 is 4.79 Å². The van der Waals surface area contributed by atoms with Crippen LogP contribution in [0.1, 0.15) is 19.4 Å². The number of nitrogens with zero attached hydrogens (tertiary/aromatic N) is 1. The molecule has 1 aromatic carbocycles. The normalized spacial score (nSPS) is 10.7. The summed E-state index contributed by atoms with van der Waals surface area (Å²) >= 11 is 5.95. The van der Waals surface area contributed by atoms with E-state index in [0.717, 1.165) is 17.8 Å². The Morgan fingerprint density at radius 1 is 1.44 bits per heavy atom. The number of benzene rings is 1. The van der Waals surface area contributed by atoms with Crippen molar-refractivity contribution in [1.29, 1.82) is 0 Å². The Kier molecular flexibility index (Phi) is 5.44. The summed E-state index contributed by atoms with van der Waals surface area (Å²) in [6.07, 6.45) is 0. The Labute approximate surface area is 113 Å². The minimum absolute atomic E-state index is 0.187. The van der Waals surface area contributed by atoms with Crippen molar-refractivity contribution in [3.05, 3.63) is 28.8 Å². The smallest absolute Gasteiger partial charge is 0.236 e. The molecule has 4 nitrogen and oxygen atoms in total. The van der Waals surface area contributed by atoms with Gasteiger partial charge in [0.15, 0.2) is 0 Å². The van der Waals surface area contributed by atoms with Crippen LogP contribution >= 0.6 is 11.6 Å². The second-order valence-corrected chi connectivity index (χ2v) is 5.15. The Hall–Kier alpha value is -1.26. The van der Waals surface area contributed by atoms with Gasteiger partial charge in [-0.3, -0.25) is 4.79 Å². The Morgan fingerprint density at radius 2 is 2.11 bits per heavy atom. The summed E-state index contributed by atoms with van der Waals surface area (Å²) in [7, 11) is 0. The summed E-state index contributed by atoms with van der Waals surface area (Å²) in [4.78, 5) is 13.1. The van der Waals surface area contributed by atoms with Crippen LogP contribution in [0.4, 0.5) is 5.69 Å². The average molecular weight is 270 g/mol. The van der Waals surface area contributed by atoms with Crippen molar-refractivity contribution in [3.8, 4) is 0 Å². The van der Waals surface area contributed by atoms with Gasteiger partial charge in [0.05, 0.1) is 6.54 Å². The third kappa shape index (κ3) is 4.20. The quantitative estimate of drug-likeness (QED) is 0.826. The third-order valence-corrected chi connectivity index (χ3v) is 2.77. The molecule has 0 saturated heterocycles. The molecule has 1 amide bonds. The van der Waals surface area contributed by atoms with E-state index in [9.17, 15) is 4.79 Å². The van der Waals surface area contributed by atoms with Gasteiger partial charge in [0.1, 0.15) is 0 Å². The van der Waals surface area contributed by atoms with Gasteiger partial charge in [-0.05, 0) is 29.7 Å². The fraction of sp³-hybridized carbons (Fsp3) is 0.462. The van der Waals surface area contributed by atoms with E-state index >= 15 is 0 Å². The predicted molar refractivity (Wildman–Crippen MR) is 75.6 cm³/mol. The molecule has 1 aromatic rings. The fourth-order valence-corrected chi connectivity index (χ4v) is 2.10. The van der Waals surface area contributed by atoms with Crippen molar-refractivity contribution >= 4 is 23.2 Å². The van der Waals surface area contributed by atoms with Crippen molar-refractivity contribution in [2.75, 3.05) is 18.0 Å². The molecule has 0 saturated carbocycles. The summed E-state index contributed by atoms with van der Waals surface area (Å²) in [5, 5.41) is 0.641. The standard InChI is InChI=1S/C13H20ClN3O/c1-9(2)7-17(8-13(16)18)12-4-3-11(14)5-10(12)6-15/h3-5,9H,6-8,15H2,1-2H3,(H2,16,18). The molecule has 100 valence electrons. The predicted octanol–water partition coefficient (Wildman–Crippen LogP) is 1.75. The van der Waals surface area contributed by atoms with E-state index in [4.69, 9.17) is 23.1 Å². The summed E-state index contributed by atoms with van der Waals surface area (Å²) in [6, 6.07) is 5.51. The van der Waals surface area contributed by atoms with E-state index in [2.05, 4.69) is 13.8 Å². The molecule has 18 heavy (non-hydrogen) atoms. The van der Waals surface area contributed by atoms with Gasteiger partial charge in [-0.1, -0.05) is 25.4 Å². The van der Waals surface area contributed by atoms with Crippen molar-refractivity contribution in [2.24, 2.45) is 17.4 Å². The highest BCUT2D eigenvalue weighted by molar-refractivity contribution is 6.30. The maximum atomic E-state index is 11.2. The second-order valence-electron chi connectivity index (χ2n) is 4.72. The minimum Gasteiger partial charge on any atom is -0.368 e. The zero-order valence-corrected chi connectivity index (χ0v) is 11.6. The first-order chi connectivity index (χ1) is 8.43. The number of carbonyl (C=O) groups excluding carboxylic acids is 1. The number of halogens is 1. The maximum absolute atomic E-state index is 11.2. The number of anilines is 1. The molecule has 4 N–H and O–H groups in total. The molecule has 0 spiro atoms. The molecule has 0 radical (unpaired) electrons. The molecule has 0 aliphatic heterocycles. The SMILES string of the molecule is CC(C)CN(CC(N)=O)c1ccc(Cl)cc1CN. The van der Waals surface area contributed by atoms with Crippen LogP contribution in [0.15, 0.2) is 18.2 Å². The topological polar surface area (TPSA) is 72.3 Å². The lowest BCUT2D eigenvalue weighted by Crippen LogP contribution is -2.37. The highest BCUT2D eigenvalue weighted by Crippen LogP contribution is 2.24. The van der Waals surface area contributed by atoms with Crippen LogP contribution in [-0.2, 0) is 11.3 Å². The van der Waals surface area contributed by atoms with E-state index in [1.54, 1.807) is 6.07 Å². The van der Waals surface area contributed by atoms with Gasteiger partial charge in [0, 0.05) is 23.8 Å². The monoisotopic (exact) mass is 269 g/mol. The fourth-order valence-electron chi connectivity index (χ4n) is 1.90. The number of nitrogens with two attached hydrogens (primary N) is 2. The first-order valence-corrected chi connectivity index (χ1v) is 6.33. The summed E-state index contributed by atoms with van der Waals surface area (Å²) in [5.41, 5.74) is 12.9. The molecular weight excluding hydrogens is 250 g/mol. The van der Waals surface area contributed by atoms with Gasteiger partial charge in [0.2, 0.25) is 5.91 Å². The van der Waals surface area contributed by atoms with Crippen LogP contribution in [0, 0.1) is 5.92 Å². The molecule has 0 heterocycles. The minimum atomic E-state index is -0.353. The van der Waals surface area contributed by atoms with Crippen molar-refractivity contribution in [2.45, 2.75) is 20.4 Å². The Balaban J connectivity index is 3.06. The molecule has 0 atom stereocenters. The molecule has 0 bridgehead atoms. The van der Waals surface area contributed by atoms with Gasteiger partial charge >= 0.3 is 0 Å². The van der Waals surface area contributed by atoms with Crippen LogP contribution in [0.2, 0.25) is 5.02 Å². The lowest BCUT2D eigenvalue weighted by atomic mass is 10.1. The number of hydrogen-bond donors (Lipinski definition) is 2. The summed E-state index contributed by atoms with van der Waals surface area (Å²) in [5.74, 6) is 0.0687. The molecule has 0 aliphatic carbocycles. The zero-order valence-electron chi connectivity index (χ0n) is 10.8. The molecule has 0 fully saturated rings. The van der Waals surface area contributed by atoms with Gasteiger partial charge in [-0.25, -0.2) is 0 Å². The number of amides is 1. The maximum Gasteiger partial charge on any atom is 0.236 e. The van der Waals surface area contributed by atoms with Gasteiger partial charge in [-0.15, -0.1) is 0 Å². The highest BCUT2D eigenvalue weighted by atomic mass is 35.5. The third-order valence-electron chi connectivity index (χ3n) is 2.53. The Morgan fingerprint density at radius 3 is 2.61 bits per heavy atom. The van der Waals surface area contributed by atoms with E-state index in [1.807, 2.05) is 17.0 Å². The Bertz CT molecular complexity index is 421. The van der Waals surface area contributed by atoms with Gasteiger partial charge in [0.25, 0.3) is 0 Å². The number of rotatable bonds is 6. The highest BCUT2D eigenvalue weighted by Gasteiger charge is 2.14. The summed E-state index contributed by atoms with van der Waals surface area (Å²) in [6.45, 7) is 5.49. The molecule has 0 unspecified atom stereocenters. The summed E-state index contributed by atoms with van der Waals surface area (Å²) < 4.78 is 0. The first-order valence-electron chi connectivity index (χ1n) is 5.95. The largest absolute Gasteiger partial charge is 0.368 e. The number of primary amides is 1. The lowest BCUT2D eigenvalue weighted by molar-refractivity contribution is -0.116. The van der Waals surface area contributed by atoms with Crippen molar-refractivity contribution in [1.82, 2.24) is 0 Å². The first kappa shape index (κ1) is 14.8. The molecular formula is C13H20ClN3O. The molecule has 0 aliphatic rings. The van der Waals surface area contributed by atoms with E-state index in [0.29, 0.717) is 17.5 Å². The van der Waals surface area contributed by atoms with Gasteiger partial charge < -0.3 is 16.4 Å². The van der Waals surface area contributed by atoms with Crippen molar-refractivity contribution in [3.63, 3.8) is 0 Å². The average Bonchev–Trinajstić information content (AvgIpc) is 2.26. The van der Waals surface area contributed by atoms with Gasteiger partial charge in [-0.2, -0.15) is 0 Å². The number of carbonyl (C=O) groups is 1. The van der Waals surface area contributed by atoms with Crippen LogP contribution < -0.4 is 16.4 Å². The lowest BCUT2D eigenvalue weighted by Gasteiger charge is -2.27. The van der Waals surface area contributed by atoms with Crippen LogP contribution in [0.5, 0.6) is 0 Å². The van der Waals surface area contributed by atoms with E-state index in [-0.39, 0.29) is 12.5 Å². The number of hydrogen-bond acceptors (Lipinski definition) is 3. The molecule has 5 heteroatoms. The zero-order chi connectivity index (χ0) is 13.7.